The van der Waals surface area contributed by atoms with Crippen molar-refractivity contribution in [2.45, 2.75) is 25.2 Å². The number of amides is 1. The highest BCUT2D eigenvalue weighted by atomic mass is 19.4. The van der Waals surface area contributed by atoms with Gasteiger partial charge in [-0.1, -0.05) is 12.1 Å². The third-order valence-corrected chi connectivity index (χ3v) is 6.61. The highest BCUT2D eigenvalue weighted by Crippen LogP contribution is 2.40. The Morgan fingerprint density at radius 2 is 1.60 bits per heavy atom. The number of likely N-dealkylation sites (tertiary alicyclic amines) is 1. The minimum absolute atomic E-state index is 0.0697. The smallest absolute Gasteiger partial charge is 0.497 e. The summed E-state index contributed by atoms with van der Waals surface area (Å²) in [4.78, 5) is 27.8. The first-order valence-corrected chi connectivity index (χ1v) is 11.2. The van der Waals surface area contributed by atoms with Crippen LogP contribution < -0.4 is 15.0 Å². The molecule has 3 aromatic rings. The molecule has 1 amide bonds. The second-order valence-corrected chi connectivity index (χ2v) is 8.89. The van der Waals surface area contributed by atoms with E-state index < -0.39 is 6.36 Å². The van der Waals surface area contributed by atoms with Crippen LogP contribution in [0.1, 0.15) is 28.4 Å². The Balaban J connectivity index is 1.45. The van der Waals surface area contributed by atoms with Gasteiger partial charge in [0.15, 0.2) is 0 Å². The van der Waals surface area contributed by atoms with Gasteiger partial charge in [0.1, 0.15) is 11.5 Å². The first-order chi connectivity index (χ1) is 16.7. The third kappa shape index (κ3) is 4.62. The maximum absolute atomic E-state index is 13.2. The number of fused-ring (bicyclic) bond motifs is 4. The van der Waals surface area contributed by atoms with Crippen LogP contribution >= 0.6 is 0 Å². The molecule has 2 aliphatic rings. The quantitative estimate of drug-likeness (QED) is 0.540. The molecule has 0 aliphatic carbocycles. The molecule has 2 bridgehead atoms. The van der Waals surface area contributed by atoms with E-state index >= 15 is 0 Å². The molecule has 182 valence electrons. The van der Waals surface area contributed by atoms with E-state index in [4.69, 9.17) is 4.74 Å². The average Bonchev–Trinajstić information content (AvgIpc) is 2.84. The standard InChI is InChI=1S/C26H23F3N2O4/c1-34-20-6-4-18(5-7-20)25(33)30-13-16-12-19(15-30)24-22(10-11-23(32)31(24)14-16)17-2-8-21(9-3-17)35-26(27,28)29/h2-11,16,19H,12-15H2,1H3/t16-,19-/m1/s1. The van der Waals surface area contributed by atoms with Gasteiger partial charge in [0.05, 0.1) is 7.11 Å². The molecule has 1 aromatic heterocycles. The van der Waals surface area contributed by atoms with Crippen molar-refractivity contribution in [1.82, 2.24) is 9.47 Å². The van der Waals surface area contributed by atoms with Gasteiger partial charge in [-0.2, -0.15) is 0 Å². The Labute approximate surface area is 199 Å². The summed E-state index contributed by atoms with van der Waals surface area (Å²) in [5, 5.41) is 0. The number of halogens is 3. The van der Waals surface area contributed by atoms with Crippen molar-refractivity contribution in [3.8, 4) is 22.6 Å². The first-order valence-electron chi connectivity index (χ1n) is 11.2. The molecule has 9 heteroatoms. The molecule has 0 N–H and O–H groups in total. The first kappa shape index (κ1) is 23.0. The summed E-state index contributed by atoms with van der Waals surface area (Å²) in [6.45, 7) is 1.49. The maximum Gasteiger partial charge on any atom is 0.573 e. The highest BCUT2D eigenvalue weighted by Gasteiger charge is 2.38. The van der Waals surface area contributed by atoms with Crippen molar-refractivity contribution >= 4 is 5.91 Å². The molecule has 0 spiro atoms. The number of rotatable bonds is 4. The van der Waals surface area contributed by atoms with Gasteiger partial charge in [0, 0.05) is 48.4 Å². The number of hydrogen-bond donors (Lipinski definition) is 0. The molecule has 2 aromatic carbocycles. The maximum atomic E-state index is 13.2. The lowest BCUT2D eigenvalue weighted by atomic mass is 9.80. The Morgan fingerprint density at radius 3 is 2.26 bits per heavy atom. The number of alkyl halides is 3. The molecule has 0 saturated carbocycles. The van der Waals surface area contributed by atoms with E-state index in [1.165, 1.54) is 18.2 Å². The van der Waals surface area contributed by atoms with Gasteiger partial charge in [-0.25, -0.2) is 0 Å². The molecule has 2 aliphatic heterocycles. The molecular formula is C26H23F3N2O4. The molecule has 6 nitrogen and oxygen atoms in total. The van der Waals surface area contributed by atoms with Crippen molar-refractivity contribution in [2.24, 2.45) is 5.92 Å². The molecule has 5 rings (SSSR count). The molecule has 0 unspecified atom stereocenters. The Hall–Kier alpha value is -3.75. The number of methoxy groups -OCH3 is 1. The van der Waals surface area contributed by atoms with Gasteiger partial charge in [0.2, 0.25) is 0 Å². The van der Waals surface area contributed by atoms with Crippen molar-refractivity contribution in [3.63, 3.8) is 0 Å². The van der Waals surface area contributed by atoms with Crippen LogP contribution in [0, 0.1) is 5.92 Å². The van der Waals surface area contributed by atoms with Crippen molar-refractivity contribution in [3.05, 3.63) is 82.3 Å². The molecule has 3 heterocycles. The summed E-state index contributed by atoms with van der Waals surface area (Å²) in [5.41, 5.74) is 2.71. The lowest BCUT2D eigenvalue weighted by Crippen LogP contribution is -2.49. The van der Waals surface area contributed by atoms with Crippen molar-refractivity contribution in [2.75, 3.05) is 20.2 Å². The van der Waals surface area contributed by atoms with E-state index in [2.05, 4.69) is 4.74 Å². The number of ether oxygens (including phenoxy) is 2. The van der Waals surface area contributed by atoms with Crippen molar-refractivity contribution in [1.29, 1.82) is 0 Å². The van der Waals surface area contributed by atoms with E-state index in [0.29, 0.717) is 36.5 Å². The molecule has 0 radical (unpaired) electrons. The SMILES string of the molecule is COc1ccc(C(=O)N2C[C@H]3C[C@H](C2)c2c(-c4ccc(OC(F)(F)F)cc4)ccc(=O)n2C3)cc1. The second-order valence-electron chi connectivity index (χ2n) is 8.89. The number of hydrogen-bond acceptors (Lipinski definition) is 4. The third-order valence-electron chi connectivity index (χ3n) is 6.61. The lowest BCUT2D eigenvalue weighted by molar-refractivity contribution is -0.274. The Bertz CT molecular complexity index is 1300. The minimum atomic E-state index is -4.77. The summed E-state index contributed by atoms with van der Waals surface area (Å²) in [6.07, 6.45) is -3.93. The summed E-state index contributed by atoms with van der Waals surface area (Å²) in [5.74, 6) is 0.349. The predicted molar refractivity (Wildman–Crippen MR) is 123 cm³/mol. The summed E-state index contributed by atoms with van der Waals surface area (Å²) < 4.78 is 48.5. The monoisotopic (exact) mass is 484 g/mol. The van der Waals surface area contributed by atoms with Crippen LogP contribution in [-0.4, -0.2) is 41.9 Å². The van der Waals surface area contributed by atoms with Crippen LogP contribution in [0.5, 0.6) is 11.5 Å². The highest BCUT2D eigenvalue weighted by molar-refractivity contribution is 5.94. The molecule has 1 fully saturated rings. The zero-order chi connectivity index (χ0) is 24.7. The molecular weight excluding hydrogens is 461 g/mol. The van der Waals surface area contributed by atoms with Crippen LogP contribution in [0.2, 0.25) is 0 Å². The number of nitrogens with zero attached hydrogens (tertiary/aromatic N) is 2. The largest absolute Gasteiger partial charge is 0.573 e. The summed E-state index contributed by atoms with van der Waals surface area (Å²) in [7, 11) is 1.57. The van der Waals surface area contributed by atoms with E-state index in [0.717, 1.165) is 17.7 Å². The molecule has 35 heavy (non-hydrogen) atoms. The fraction of sp³-hybridized carbons (Fsp3) is 0.308. The minimum Gasteiger partial charge on any atom is -0.497 e. The topological polar surface area (TPSA) is 60.8 Å². The fourth-order valence-corrected chi connectivity index (χ4v) is 5.18. The van der Waals surface area contributed by atoms with E-state index in [1.54, 1.807) is 54.1 Å². The Kier molecular flexibility index (Phi) is 5.78. The predicted octanol–water partition coefficient (Wildman–Crippen LogP) is 4.68. The van der Waals surface area contributed by atoms with Crippen LogP contribution in [0.15, 0.2) is 65.5 Å². The van der Waals surface area contributed by atoms with Gasteiger partial charge < -0.3 is 18.9 Å². The lowest BCUT2D eigenvalue weighted by Gasteiger charge is -2.43. The Morgan fingerprint density at radius 1 is 0.914 bits per heavy atom. The van der Waals surface area contributed by atoms with E-state index in [-0.39, 0.29) is 29.1 Å². The summed E-state index contributed by atoms with van der Waals surface area (Å²) >= 11 is 0. The van der Waals surface area contributed by atoms with E-state index in [9.17, 15) is 22.8 Å². The van der Waals surface area contributed by atoms with Crippen LogP contribution in [0.4, 0.5) is 13.2 Å². The van der Waals surface area contributed by atoms with Gasteiger partial charge >= 0.3 is 6.36 Å². The number of aromatic nitrogens is 1. The van der Waals surface area contributed by atoms with Crippen LogP contribution in [0.25, 0.3) is 11.1 Å². The normalized spacial score (nSPS) is 19.1. The van der Waals surface area contributed by atoms with Crippen LogP contribution in [0.3, 0.4) is 0 Å². The van der Waals surface area contributed by atoms with Gasteiger partial charge in [-0.15, -0.1) is 13.2 Å². The fourth-order valence-electron chi connectivity index (χ4n) is 5.18. The number of benzene rings is 2. The number of carbonyl (C=O) groups is 1. The van der Waals surface area contributed by atoms with E-state index in [1.807, 2.05) is 4.90 Å². The van der Waals surface area contributed by atoms with Gasteiger partial charge in [-0.05, 0) is 60.4 Å². The molecule has 1 saturated heterocycles. The average molecular weight is 484 g/mol. The summed E-state index contributed by atoms with van der Waals surface area (Å²) in [6, 6.07) is 15.8. The van der Waals surface area contributed by atoms with Crippen LogP contribution in [-0.2, 0) is 6.54 Å². The van der Waals surface area contributed by atoms with Crippen molar-refractivity contribution < 1.29 is 27.4 Å². The van der Waals surface area contributed by atoms with Gasteiger partial charge in [-0.3, -0.25) is 9.59 Å². The number of pyridine rings is 1. The zero-order valence-electron chi connectivity index (χ0n) is 18.9. The van der Waals surface area contributed by atoms with Gasteiger partial charge in [0.25, 0.3) is 11.5 Å². The zero-order valence-corrected chi connectivity index (χ0v) is 18.9. The molecule has 2 atom stereocenters. The number of piperidine rings is 1. The second kappa shape index (κ2) is 8.79. The number of carbonyl (C=O) groups excluding carboxylic acids is 1.